The molecule has 1 unspecified atom stereocenters. The zero-order valence-corrected chi connectivity index (χ0v) is 19.2. The van der Waals surface area contributed by atoms with Crippen LogP contribution >= 0.6 is 31.9 Å². The van der Waals surface area contributed by atoms with Crippen molar-refractivity contribution in [3.8, 4) is 0 Å². The molecule has 1 aromatic rings. The van der Waals surface area contributed by atoms with Crippen LogP contribution in [-0.2, 0) is 0 Å². The molecule has 0 radical (unpaired) electrons. The molecule has 12 nitrogen and oxygen atoms in total. The summed E-state index contributed by atoms with van der Waals surface area (Å²) in [5.74, 6) is -1.24. The Morgan fingerprint density at radius 2 is 1.94 bits per heavy atom. The van der Waals surface area contributed by atoms with E-state index in [9.17, 15) is 15.0 Å². The molecule has 31 heavy (non-hydrogen) atoms. The van der Waals surface area contributed by atoms with Crippen molar-refractivity contribution in [2.24, 2.45) is 44.9 Å². The van der Waals surface area contributed by atoms with E-state index in [4.69, 9.17) is 17.2 Å². The first-order chi connectivity index (χ1) is 14.7. The Bertz CT molecular complexity index is 1090. The molecular weight excluding hydrogens is 538 g/mol. The summed E-state index contributed by atoms with van der Waals surface area (Å²) in [5.41, 5.74) is 16.1. The number of halogens is 2. The average molecular weight is 559 g/mol. The van der Waals surface area contributed by atoms with Gasteiger partial charge in [-0.25, -0.2) is 9.98 Å². The number of nitrogens with zero attached hydrogens (tertiary/aromatic N) is 4. The number of aliphatic imine (C=N–C) groups is 2. The lowest BCUT2D eigenvalue weighted by Gasteiger charge is -2.51. The number of nitrogens with two attached hydrogens (primary N) is 3. The second kappa shape index (κ2) is 5.92. The summed E-state index contributed by atoms with van der Waals surface area (Å²) in [6.45, 7) is 0.476. The summed E-state index contributed by atoms with van der Waals surface area (Å²) in [6, 6.07) is 1.74. The van der Waals surface area contributed by atoms with Crippen LogP contribution in [0.2, 0.25) is 0 Å². The predicted molar refractivity (Wildman–Crippen MR) is 116 cm³/mol. The lowest BCUT2D eigenvalue weighted by molar-refractivity contribution is -0.0689. The van der Waals surface area contributed by atoms with E-state index < -0.39 is 41.5 Å². The third-order valence-electron chi connectivity index (χ3n) is 7.63. The molecule has 8 atom stereocenters. The van der Waals surface area contributed by atoms with Crippen LogP contribution < -0.4 is 27.8 Å². The summed E-state index contributed by atoms with van der Waals surface area (Å²) in [7, 11) is 0. The van der Waals surface area contributed by atoms with E-state index in [-0.39, 0.29) is 30.3 Å². The number of carbonyl (C=O) groups excluding carboxylic acids is 1. The lowest BCUT2D eigenvalue weighted by atomic mass is 9.73. The molecule has 14 heteroatoms. The number of nitrogens with one attached hydrogen (secondary N) is 2. The summed E-state index contributed by atoms with van der Waals surface area (Å²) in [4.78, 5) is 24.1. The van der Waals surface area contributed by atoms with Gasteiger partial charge in [-0.15, -0.1) is 0 Å². The van der Waals surface area contributed by atoms with E-state index >= 15 is 0 Å². The Balaban J connectivity index is 1.62. The minimum Gasteiger partial charge on any atom is -0.390 e. The molecular formula is C17H21Br2N9O3. The number of aromatic nitrogens is 1. The molecule has 1 saturated carbocycles. The fourth-order valence-electron chi connectivity index (χ4n) is 6.66. The van der Waals surface area contributed by atoms with E-state index in [0.29, 0.717) is 21.3 Å². The number of rotatable bonds is 1. The first-order valence-corrected chi connectivity index (χ1v) is 11.4. The van der Waals surface area contributed by atoms with Crippen molar-refractivity contribution in [3.63, 3.8) is 0 Å². The molecule has 5 aliphatic rings. The van der Waals surface area contributed by atoms with Gasteiger partial charge in [-0.1, -0.05) is 0 Å². The SMILES string of the molecule is NC[C@@H]1[C@@H]2CN3C(=O)c4cc(Br)c(Br)n4[C@@H]4N=C(N)N[C@@]43[C@@H]2C2(NC(N)=N[C@@H]2O)[C@@H]1O. The van der Waals surface area contributed by atoms with Crippen molar-refractivity contribution >= 4 is 49.7 Å². The van der Waals surface area contributed by atoms with Crippen molar-refractivity contribution in [3.05, 3.63) is 20.8 Å². The van der Waals surface area contributed by atoms with Gasteiger partial charge in [-0.05, 0) is 50.4 Å². The van der Waals surface area contributed by atoms with Crippen molar-refractivity contribution < 1.29 is 15.0 Å². The fourth-order valence-corrected chi connectivity index (χ4v) is 7.56. The van der Waals surface area contributed by atoms with Gasteiger partial charge in [0.1, 0.15) is 15.8 Å². The third kappa shape index (κ3) is 1.99. The van der Waals surface area contributed by atoms with Crippen LogP contribution in [0.25, 0.3) is 0 Å². The number of guanidine groups is 2. The zero-order chi connectivity index (χ0) is 22.0. The molecule has 166 valence electrons. The second-order valence-electron chi connectivity index (χ2n) is 8.72. The number of hydrogen-bond donors (Lipinski definition) is 7. The van der Waals surface area contributed by atoms with Gasteiger partial charge in [-0.3, -0.25) is 4.79 Å². The summed E-state index contributed by atoms with van der Waals surface area (Å²) in [5, 5.41) is 28.7. The smallest absolute Gasteiger partial charge is 0.272 e. The van der Waals surface area contributed by atoms with E-state index in [1.165, 1.54) is 0 Å². The molecule has 0 aromatic carbocycles. The number of fused-ring (bicyclic) bond motifs is 4. The van der Waals surface area contributed by atoms with Crippen LogP contribution in [0.1, 0.15) is 16.7 Å². The molecule has 2 spiro atoms. The Morgan fingerprint density at radius 3 is 2.58 bits per heavy atom. The van der Waals surface area contributed by atoms with Gasteiger partial charge in [-0.2, -0.15) is 0 Å². The quantitative estimate of drug-likeness (QED) is 0.201. The van der Waals surface area contributed by atoms with Gasteiger partial charge in [0, 0.05) is 18.4 Å². The molecule has 6 rings (SSSR count). The van der Waals surface area contributed by atoms with Crippen LogP contribution in [0.15, 0.2) is 25.1 Å². The van der Waals surface area contributed by atoms with Gasteiger partial charge < -0.3 is 47.5 Å². The maximum atomic E-state index is 13.7. The highest BCUT2D eigenvalue weighted by molar-refractivity contribution is 9.13. The number of aliphatic hydroxyl groups is 2. The first kappa shape index (κ1) is 19.8. The molecule has 1 aliphatic carbocycles. The normalized spacial score (nSPS) is 44.4. The summed E-state index contributed by atoms with van der Waals surface area (Å²) < 4.78 is 3.12. The highest BCUT2D eigenvalue weighted by Crippen LogP contribution is 2.62. The van der Waals surface area contributed by atoms with Crippen LogP contribution in [0.3, 0.4) is 0 Å². The maximum absolute atomic E-state index is 13.7. The molecule has 4 aliphatic heterocycles. The van der Waals surface area contributed by atoms with Crippen LogP contribution in [0.5, 0.6) is 0 Å². The molecule has 2 fully saturated rings. The average Bonchev–Trinajstić information content (AvgIpc) is 3.43. The van der Waals surface area contributed by atoms with Crippen molar-refractivity contribution in [1.82, 2.24) is 20.1 Å². The van der Waals surface area contributed by atoms with Gasteiger partial charge in [0.2, 0.25) is 0 Å². The van der Waals surface area contributed by atoms with Gasteiger partial charge in [0.15, 0.2) is 30.0 Å². The Labute approximate surface area is 193 Å². The van der Waals surface area contributed by atoms with Crippen molar-refractivity contribution in [2.75, 3.05) is 13.1 Å². The maximum Gasteiger partial charge on any atom is 0.272 e. The number of aliphatic hydroxyl groups excluding tert-OH is 2. The zero-order valence-electron chi connectivity index (χ0n) is 16.0. The number of carbonyl (C=O) groups is 1. The van der Waals surface area contributed by atoms with E-state index in [1.54, 1.807) is 15.5 Å². The summed E-state index contributed by atoms with van der Waals surface area (Å²) >= 11 is 7.03. The van der Waals surface area contributed by atoms with Gasteiger partial charge in [0.05, 0.1) is 10.6 Å². The monoisotopic (exact) mass is 557 g/mol. The van der Waals surface area contributed by atoms with Crippen LogP contribution in [0.4, 0.5) is 0 Å². The second-order valence-corrected chi connectivity index (χ2v) is 10.3. The van der Waals surface area contributed by atoms with E-state index in [2.05, 4.69) is 52.5 Å². The first-order valence-electron chi connectivity index (χ1n) is 9.85. The molecule has 1 saturated heterocycles. The largest absolute Gasteiger partial charge is 0.390 e. The van der Waals surface area contributed by atoms with Gasteiger partial charge in [0.25, 0.3) is 5.91 Å². The standard InChI is InChI=1S/C17H21Br2N9O3/c18-6-1-7-11(30)27-3-5-4(2-20)9(29)16(13(31)24-15(22)25-16)8(5)17(27)12(23-14(21)26-17)28(7)10(6)19/h1,4-5,8-9,12-13,29,31H,2-3,20H2,(H3,21,23,26)(H3,22,24,25)/t4-,5+,8+,9-,12+,13-,16?,17-/m1/s1. The van der Waals surface area contributed by atoms with E-state index in [0.717, 1.165) is 0 Å². The minimum atomic E-state index is -1.35. The van der Waals surface area contributed by atoms with Crippen LogP contribution in [-0.4, -0.2) is 74.1 Å². The Kier molecular flexibility index (Phi) is 3.78. The van der Waals surface area contributed by atoms with Crippen molar-refractivity contribution in [1.29, 1.82) is 0 Å². The van der Waals surface area contributed by atoms with Crippen molar-refractivity contribution in [2.45, 2.75) is 29.7 Å². The Hall–Kier alpha value is -1.87. The Morgan fingerprint density at radius 1 is 1.23 bits per heavy atom. The molecule has 10 N–H and O–H groups in total. The molecule has 1 amide bonds. The predicted octanol–water partition coefficient (Wildman–Crippen LogP) is -2.25. The van der Waals surface area contributed by atoms with Crippen LogP contribution in [0, 0.1) is 17.8 Å². The van der Waals surface area contributed by atoms with Gasteiger partial charge >= 0.3 is 0 Å². The summed E-state index contributed by atoms with van der Waals surface area (Å²) in [6.07, 6.45) is -3.03. The third-order valence-corrected chi connectivity index (χ3v) is 9.58. The highest BCUT2D eigenvalue weighted by Gasteiger charge is 2.79. The minimum absolute atomic E-state index is 0.0222. The fraction of sp³-hybridized carbons (Fsp3) is 0.588. The number of amides is 1. The lowest BCUT2D eigenvalue weighted by Crippen LogP contribution is -2.74. The number of hydrogen-bond acceptors (Lipinski definition) is 10. The molecule has 5 heterocycles. The molecule has 0 bridgehead atoms. The molecule has 1 aromatic heterocycles. The highest BCUT2D eigenvalue weighted by atomic mass is 79.9. The van der Waals surface area contributed by atoms with E-state index in [1.807, 2.05) is 0 Å². The topological polar surface area (TPSA) is 193 Å².